The zero-order valence-electron chi connectivity index (χ0n) is 15.6. The number of carbonyl (C=O) groups excluding carboxylic acids is 1. The van der Waals surface area contributed by atoms with Crippen molar-refractivity contribution in [2.24, 2.45) is 5.92 Å². The van der Waals surface area contributed by atoms with Gasteiger partial charge in [0.15, 0.2) is 0 Å². The van der Waals surface area contributed by atoms with Crippen LogP contribution in [0.2, 0.25) is 0 Å². The predicted octanol–water partition coefficient (Wildman–Crippen LogP) is 3.24. The Morgan fingerprint density at radius 3 is 2.52 bits per heavy atom. The van der Waals surface area contributed by atoms with E-state index >= 15 is 0 Å². The average molecular weight is 445 g/mol. The van der Waals surface area contributed by atoms with Gasteiger partial charge in [0.1, 0.15) is 10.3 Å². The first kappa shape index (κ1) is 22.9. The van der Waals surface area contributed by atoms with E-state index in [0.717, 1.165) is 23.5 Å². The van der Waals surface area contributed by atoms with Gasteiger partial charge in [-0.2, -0.15) is 17.9 Å². The Hall–Kier alpha value is -2.35. The third-order valence-corrected chi connectivity index (χ3v) is 6.60. The Bertz CT molecular complexity index is 1010. The van der Waals surface area contributed by atoms with Gasteiger partial charge in [-0.05, 0) is 35.6 Å². The van der Waals surface area contributed by atoms with Crippen LogP contribution in [0.15, 0.2) is 46.0 Å². The van der Waals surface area contributed by atoms with E-state index in [1.165, 1.54) is 18.2 Å². The molecule has 5 nitrogen and oxygen atoms in total. The summed E-state index contributed by atoms with van der Waals surface area (Å²) in [6.07, 6.45) is -4.46. The van der Waals surface area contributed by atoms with E-state index in [0.29, 0.717) is 0 Å². The topological polar surface area (TPSA) is 75.3 Å². The summed E-state index contributed by atoms with van der Waals surface area (Å²) >= 11 is 1.03. The third-order valence-electron chi connectivity index (χ3n) is 3.76. The summed E-state index contributed by atoms with van der Waals surface area (Å²) in [7, 11) is -3.83. The molecule has 2 N–H and O–H groups in total. The van der Waals surface area contributed by atoms with Crippen LogP contribution in [-0.4, -0.2) is 26.9 Å². The highest BCUT2D eigenvalue weighted by atomic mass is 32.2. The van der Waals surface area contributed by atoms with Gasteiger partial charge < -0.3 is 5.32 Å². The molecule has 0 aliphatic carbocycles. The monoisotopic (exact) mass is 444 g/mol. The van der Waals surface area contributed by atoms with Gasteiger partial charge in [0.2, 0.25) is 5.91 Å². The number of alkyl halides is 3. The van der Waals surface area contributed by atoms with E-state index in [9.17, 15) is 26.4 Å². The van der Waals surface area contributed by atoms with Crippen molar-refractivity contribution in [3.8, 4) is 11.8 Å². The van der Waals surface area contributed by atoms with Crippen molar-refractivity contribution in [2.45, 2.75) is 30.3 Å². The maximum absolute atomic E-state index is 12.7. The van der Waals surface area contributed by atoms with Crippen molar-refractivity contribution in [3.05, 3.63) is 52.9 Å². The van der Waals surface area contributed by atoms with Crippen LogP contribution in [0.5, 0.6) is 0 Å². The number of carbonyl (C=O) groups is 1. The van der Waals surface area contributed by atoms with Crippen molar-refractivity contribution in [1.29, 1.82) is 0 Å². The average Bonchev–Trinajstić information content (AvgIpc) is 3.18. The third kappa shape index (κ3) is 6.59. The molecule has 0 bridgehead atoms. The molecule has 0 fully saturated rings. The molecule has 0 aliphatic heterocycles. The van der Waals surface area contributed by atoms with Gasteiger partial charge in [0.05, 0.1) is 12.1 Å². The molecule has 29 heavy (non-hydrogen) atoms. The Kier molecular flexibility index (Phi) is 7.46. The van der Waals surface area contributed by atoms with Gasteiger partial charge in [-0.25, -0.2) is 8.42 Å². The number of rotatable bonds is 6. The summed E-state index contributed by atoms with van der Waals surface area (Å²) in [5.41, 5.74) is -0.649. The van der Waals surface area contributed by atoms with E-state index in [4.69, 9.17) is 0 Å². The van der Waals surface area contributed by atoms with Crippen molar-refractivity contribution < 1.29 is 26.4 Å². The zero-order valence-corrected chi connectivity index (χ0v) is 17.2. The van der Waals surface area contributed by atoms with Gasteiger partial charge in [-0.1, -0.05) is 37.8 Å². The Morgan fingerprint density at radius 2 is 1.93 bits per heavy atom. The quantitative estimate of drug-likeness (QED) is 0.672. The SMILES string of the molecule is CC(C)C(NS(=O)(=O)c1cccs1)C(=O)NCC#Cc1cccc(C(F)(F)F)c1. The van der Waals surface area contributed by atoms with Crippen LogP contribution in [0.3, 0.4) is 0 Å². The fourth-order valence-electron chi connectivity index (χ4n) is 2.29. The number of sulfonamides is 1. The molecule has 2 aromatic rings. The number of thiophene rings is 1. The number of hydrogen-bond acceptors (Lipinski definition) is 4. The second-order valence-electron chi connectivity index (χ2n) is 6.37. The molecule has 10 heteroatoms. The highest BCUT2D eigenvalue weighted by molar-refractivity contribution is 7.91. The minimum Gasteiger partial charge on any atom is -0.344 e. The van der Waals surface area contributed by atoms with Crippen LogP contribution in [0.1, 0.15) is 25.0 Å². The maximum atomic E-state index is 12.7. The summed E-state index contributed by atoms with van der Waals surface area (Å²) in [6, 6.07) is 6.55. The molecule has 1 heterocycles. The molecule has 1 aromatic heterocycles. The van der Waals surface area contributed by atoms with Crippen molar-refractivity contribution in [2.75, 3.05) is 6.54 Å². The van der Waals surface area contributed by atoms with Gasteiger partial charge in [-0.15, -0.1) is 11.3 Å². The largest absolute Gasteiger partial charge is 0.416 e. The van der Waals surface area contributed by atoms with E-state index in [-0.39, 0.29) is 22.2 Å². The first-order valence-electron chi connectivity index (χ1n) is 8.50. The molecule has 156 valence electrons. The number of halogens is 3. The highest BCUT2D eigenvalue weighted by Gasteiger charge is 2.30. The lowest BCUT2D eigenvalue weighted by molar-refractivity contribution is -0.137. The lowest BCUT2D eigenvalue weighted by Gasteiger charge is -2.20. The van der Waals surface area contributed by atoms with Crippen LogP contribution in [-0.2, 0) is 21.0 Å². The van der Waals surface area contributed by atoms with Gasteiger partial charge in [0.25, 0.3) is 10.0 Å². The van der Waals surface area contributed by atoms with E-state index < -0.39 is 33.7 Å². The fourth-order valence-corrected chi connectivity index (χ4v) is 4.65. The molecule has 1 aromatic carbocycles. The van der Waals surface area contributed by atoms with Gasteiger partial charge in [-0.3, -0.25) is 4.79 Å². The summed E-state index contributed by atoms with van der Waals surface area (Å²) in [5, 5.41) is 4.10. The molecule has 0 saturated carbocycles. The molecule has 0 radical (unpaired) electrons. The molecule has 0 saturated heterocycles. The Labute approximate surface area is 171 Å². The van der Waals surface area contributed by atoms with Crippen molar-refractivity contribution in [3.63, 3.8) is 0 Å². The molecule has 1 unspecified atom stereocenters. The van der Waals surface area contributed by atoms with Crippen LogP contribution < -0.4 is 10.0 Å². The predicted molar refractivity (Wildman–Crippen MR) is 105 cm³/mol. The minimum absolute atomic E-state index is 0.0975. The lowest BCUT2D eigenvalue weighted by Crippen LogP contribution is -2.49. The second-order valence-corrected chi connectivity index (χ2v) is 9.26. The maximum Gasteiger partial charge on any atom is 0.416 e. The van der Waals surface area contributed by atoms with Crippen molar-refractivity contribution >= 4 is 27.3 Å². The summed E-state index contributed by atoms with van der Waals surface area (Å²) < 4.78 is 65.3. The summed E-state index contributed by atoms with van der Waals surface area (Å²) in [4.78, 5) is 12.4. The lowest BCUT2D eigenvalue weighted by atomic mass is 10.1. The Morgan fingerprint density at radius 1 is 1.21 bits per heavy atom. The zero-order chi connectivity index (χ0) is 21.7. The molecule has 1 atom stereocenters. The highest BCUT2D eigenvalue weighted by Crippen LogP contribution is 2.29. The van der Waals surface area contributed by atoms with Crippen molar-refractivity contribution in [1.82, 2.24) is 10.0 Å². The smallest absolute Gasteiger partial charge is 0.344 e. The standard InChI is InChI=1S/C19H19F3N2O3S2/c1-13(2)17(24-29(26,27)16-9-5-11-28-16)18(25)23-10-4-7-14-6-3-8-15(12-14)19(20,21)22/h3,5-6,8-9,11-13,17,24H,10H2,1-2H3,(H,23,25). The molecule has 0 aliphatic rings. The summed E-state index contributed by atoms with van der Waals surface area (Å²) in [6.45, 7) is 3.24. The summed E-state index contributed by atoms with van der Waals surface area (Å²) in [5.74, 6) is 4.22. The number of hydrogen-bond donors (Lipinski definition) is 2. The first-order chi connectivity index (χ1) is 13.5. The Balaban J connectivity index is 2.01. The number of benzene rings is 1. The minimum atomic E-state index is -4.46. The molecule has 2 rings (SSSR count). The molecular formula is C19H19F3N2O3S2. The van der Waals surface area contributed by atoms with E-state index in [2.05, 4.69) is 21.9 Å². The molecular weight excluding hydrogens is 425 g/mol. The van der Waals surface area contributed by atoms with Crippen LogP contribution in [0.4, 0.5) is 13.2 Å². The number of amides is 1. The number of nitrogens with one attached hydrogen (secondary N) is 2. The fraction of sp³-hybridized carbons (Fsp3) is 0.316. The van der Waals surface area contributed by atoms with E-state index in [1.807, 2.05) is 0 Å². The van der Waals surface area contributed by atoms with Gasteiger partial charge in [0, 0.05) is 5.56 Å². The van der Waals surface area contributed by atoms with Crippen LogP contribution >= 0.6 is 11.3 Å². The van der Waals surface area contributed by atoms with Crippen LogP contribution in [0, 0.1) is 17.8 Å². The normalized spacial score (nSPS) is 12.9. The first-order valence-corrected chi connectivity index (χ1v) is 10.9. The molecule has 0 spiro atoms. The molecule has 1 amide bonds. The van der Waals surface area contributed by atoms with Crippen LogP contribution in [0.25, 0.3) is 0 Å². The second kappa shape index (κ2) is 9.43. The van der Waals surface area contributed by atoms with E-state index in [1.54, 1.807) is 25.3 Å². The van der Waals surface area contributed by atoms with Gasteiger partial charge >= 0.3 is 6.18 Å².